The molecule has 0 saturated carbocycles. The molecule has 2 aromatic rings. The molecule has 2 rings (SSSR count). The number of methoxy groups -OCH3 is 1. The molecular formula is C11H12N2O4. The van der Waals surface area contributed by atoms with Gasteiger partial charge in [0.05, 0.1) is 12.1 Å². The number of hydrogen-bond donors (Lipinski definition) is 2. The molecule has 0 radical (unpaired) electrons. The van der Waals surface area contributed by atoms with E-state index in [-0.39, 0.29) is 0 Å². The maximum Gasteiger partial charge on any atom is 0.326 e. The van der Waals surface area contributed by atoms with Gasteiger partial charge >= 0.3 is 5.69 Å². The number of nitrogens with one attached hydrogen (secondary N) is 2. The van der Waals surface area contributed by atoms with Crippen molar-refractivity contribution in [3.63, 3.8) is 0 Å². The number of aromatic nitrogens is 2. The third-order valence-electron chi connectivity index (χ3n) is 2.27. The highest BCUT2D eigenvalue weighted by Crippen LogP contribution is 2.19. The summed E-state index contributed by atoms with van der Waals surface area (Å²) in [4.78, 5) is 27.5. The summed E-state index contributed by atoms with van der Waals surface area (Å²) in [6.07, 6.45) is 0. The van der Waals surface area contributed by atoms with Crippen molar-refractivity contribution in [1.29, 1.82) is 0 Å². The lowest BCUT2D eigenvalue weighted by molar-refractivity contribution is 0.147. The standard InChI is InChI=1S/C11H12N2O4/c1-16-5-6-17-8-4-2-3-7-9(8)10(14)13-11(15)12-7/h2-4H,5-6H2,1H3,(H2,12,13,14,15). The maximum atomic E-state index is 11.7. The number of rotatable bonds is 4. The molecule has 0 fully saturated rings. The Labute approximate surface area is 96.2 Å². The van der Waals surface area contributed by atoms with Crippen molar-refractivity contribution in [2.24, 2.45) is 0 Å². The monoisotopic (exact) mass is 236 g/mol. The summed E-state index contributed by atoms with van der Waals surface area (Å²) in [5.74, 6) is 0.428. The molecule has 6 nitrogen and oxygen atoms in total. The molecule has 1 heterocycles. The Balaban J connectivity index is 2.49. The summed E-state index contributed by atoms with van der Waals surface area (Å²) in [5.41, 5.74) is -0.540. The lowest BCUT2D eigenvalue weighted by atomic mass is 10.2. The molecule has 2 N–H and O–H groups in total. The van der Waals surface area contributed by atoms with Gasteiger partial charge in [0.15, 0.2) is 0 Å². The highest BCUT2D eigenvalue weighted by molar-refractivity contribution is 5.83. The van der Waals surface area contributed by atoms with Crippen molar-refractivity contribution in [2.45, 2.75) is 0 Å². The second kappa shape index (κ2) is 4.84. The van der Waals surface area contributed by atoms with Crippen molar-refractivity contribution < 1.29 is 9.47 Å². The Morgan fingerprint density at radius 3 is 2.76 bits per heavy atom. The molecule has 0 bridgehead atoms. The van der Waals surface area contributed by atoms with Gasteiger partial charge in [-0.15, -0.1) is 0 Å². The minimum atomic E-state index is -0.531. The van der Waals surface area contributed by atoms with Crippen LogP contribution >= 0.6 is 0 Å². The average Bonchev–Trinajstić information content (AvgIpc) is 2.28. The van der Waals surface area contributed by atoms with Crippen LogP contribution in [0.1, 0.15) is 0 Å². The van der Waals surface area contributed by atoms with Crippen LogP contribution in [0.5, 0.6) is 5.75 Å². The lowest BCUT2D eigenvalue weighted by Gasteiger charge is -2.07. The predicted molar refractivity (Wildman–Crippen MR) is 62.6 cm³/mol. The van der Waals surface area contributed by atoms with E-state index in [1.54, 1.807) is 25.3 Å². The molecule has 90 valence electrons. The highest BCUT2D eigenvalue weighted by Gasteiger charge is 2.07. The van der Waals surface area contributed by atoms with Crippen LogP contribution in [0.15, 0.2) is 27.8 Å². The zero-order chi connectivity index (χ0) is 12.3. The van der Waals surface area contributed by atoms with Gasteiger partial charge in [0, 0.05) is 7.11 Å². The Kier molecular flexibility index (Phi) is 3.24. The fourth-order valence-corrected chi connectivity index (χ4v) is 1.54. The average molecular weight is 236 g/mol. The highest BCUT2D eigenvalue weighted by atomic mass is 16.5. The Morgan fingerprint density at radius 1 is 1.18 bits per heavy atom. The summed E-state index contributed by atoms with van der Waals surface area (Å²) in [6.45, 7) is 0.770. The maximum absolute atomic E-state index is 11.7. The van der Waals surface area contributed by atoms with E-state index in [0.717, 1.165) is 0 Å². The van der Waals surface area contributed by atoms with Crippen LogP contribution in [-0.4, -0.2) is 30.3 Å². The van der Waals surface area contributed by atoms with E-state index in [1.807, 2.05) is 0 Å². The van der Waals surface area contributed by atoms with E-state index in [9.17, 15) is 9.59 Å². The summed E-state index contributed by atoms with van der Waals surface area (Å²) in [7, 11) is 1.57. The topological polar surface area (TPSA) is 84.2 Å². The second-order valence-corrected chi connectivity index (χ2v) is 3.43. The fourth-order valence-electron chi connectivity index (χ4n) is 1.54. The molecule has 0 aliphatic carbocycles. The minimum absolute atomic E-state index is 0.336. The van der Waals surface area contributed by atoms with Gasteiger partial charge in [-0.25, -0.2) is 4.79 Å². The molecule has 6 heteroatoms. The Morgan fingerprint density at radius 2 is 2.00 bits per heavy atom. The van der Waals surface area contributed by atoms with Gasteiger partial charge in [-0.3, -0.25) is 9.78 Å². The quantitative estimate of drug-likeness (QED) is 0.745. The fraction of sp³-hybridized carbons (Fsp3) is 0.273. The number of ether oxygens (including phenoxy) is 2. The van der Waals surface area contributed by atoms with Crippen molar-refractivity contribution in [3.8, 4) is 5.75 Å². The first-order chi connectivity index (χ1) is 8.22. The summed E-state index contributed by atoms with van der Waals surface area (Å²) in [5, 5.41) is 0.336. The van der Waals surface area contributed by atoms with Gasteiger partial charge in [-0.1, -0.05) is 6.07 Å². The number of hydrogen-bond acceptors (Lipinski definition) is 4. The van der Waals surface area contributed by atoms with Gasteiger partial charge < -0.3 is 14.5 Å². The predicted octanol–water partition coefficient (Wildman–Crippen LogP) is 0.242. The SMILES string of the molecule is COCCOc1cccc2[nH]c(=O)[nH]c(=O)c12. The van der Waals surface area contributed by atoms with Gasteiger partial charge in [-0.2, -0.15) is 0 Å². The molecule has 17 heavy (non-hydrogen) atoms. The van der Waals surface area contributed by atoms with Gasteiger partial charge in [0.2, 0.25) is 0 Å². The molecular weight excluding hydrogens is 224 g/mol. The van der Waals surface area contributed by atoms with E-state index in [0.29, 0.717) is 29.9 Å². The number of fused-ring (bicyclic) bond motifs is 1. The van der Waals surface area contributed by atoms with E-state index in [1.165, 1.54) is 0 Å². The van der Waals surface area contributed by atoms with Crippen molar-refractivity contribution in [1.82, 2.24) is 9.97 Å². The molecule has 1 aromatic carbocycles. The Hall–Kier alpha value is -2.08. The normalized spacial score (nSPS) is 10.6. The van der Waals surface area contributed by atoms with E-state index < -0.39 is 11.2 Å². The molecule has 0 spiro atoms. The molecule has 0 saturated heterocycles. The van der Waals surface area contributed by atoms with E-state index >= 15 is 0 Å². The van der Waals surface area contributed by atoms with Crippen LogP contribution in [0, 0.1) is 0 Å². The smallest absolute Gasteiger partial charge is 0.326 e. The molecule has 0 atom stereocenters. The van der Waals surface area contributed by atoms with Crippen LogP contribution < -0.4 is 16.0 Å². The number of aromatic amines is 2. The van der Waals surface area contributed by atoms with Crippen LogP contribution in [-0.2, 0) is 4.74 Å². The van der Waals surface area contributed by atoms with Crippen LogP contribution in [0.3, 0.4) is 0 Å². The van der Waals surface area contributed by atoms with Crippen LogP contribution in [0.2, 0.25) is 0 Å². The first kappa shape index (κ1) is 11.4. The molecule has 0 amide bonds. The van der Waals surface area contributed by atoms with Crippen molar-refractivity contribution in [2.75, 3.05) is 20.3 Å². The number of benzene rings is 1. The minimum Gasteiger partial charge on any atom is -0.490 e. The molecule has 1 aromatic heterocycles. The first-order valence-electron chi connectivity index (χ1n) is 5.09. The van der Waals surface area contributed by atoms with Crippen LogP contribution in [0.25, 0.3) is 10.9 Å². The summed E-state index contributed by atoms with van der Waals surface area (Å²) >= 11 is 0. The third kappa shape index (κ3) is 2.36. The lowest BCUT2D eigenvalue weighted by Crippen LogP contribution is -2.22. The third-order valence-corrected chi connectivity index (χ3v) is 2.27. The van der Waals surface area contributed by atoms with Crippen molar-refractivity contribution in [3.05, 3.63) is 39.0 Å². The van der Waals surface area contributed by atoms with E-state index in [2.05, 4.69) is 9.97 Å². The molecule has 0 unspecified atom stereocenters. The zero-order valence-electron chi connectivity index (χ0n) is 9.28. The summed E-state index contributed by atoms with van der Waals surface area (Å²) in [6, 6.07) is 5.03. The first-order valence-corrected chi connectivity index (χ1v) is 5.09. The zero-order valence-corrected chi connectivity index (χ0v) is 9.28. The Bertz CT molecular complexity index is 629. The van der Waals surface area contributed by atoms with Gasteiger partial charge in [-0.05, 0) is 12.1 Å². The molecule has 0 aliphatic rings. The van der Waals surface area contributed by atoms with Gasteiger partial charge in [0.25, 0.3) is 5.56 Å². The van der Waals surface area contributed by atoms with E-state index in [4.69, 9.17) is 9.47 Å². The molecule has 0 aliphatic heterocycles. The largest absolute Gasteiger partial charge is 0.490 e. The number of H-pyrrole nitrogens is 2. The summed E-state index contributed by atoms with van der Waals surface area (Å²) < 4.78 is 10.3. The van der Waals surface area contributed by atoms with Crippen LogP contribution in [0.4, 0.5) is 0 Å². The van der Waals surface area contributed by atoms with Gasteiger partial charge in [0.1, 0.15) is 17.7 Å². The second-order valence-electron chi connectivity index (χ2n) is 3.43. The van der Waals surface area contributed by atoms with Crippen molar-refractivity contribution >= 4 is 10.9 Å².